The number of nitrogens with one attached hydrogen (secondary N) is 1. The largest absolute Gasteiger partial charge is 0.374 e. The Bertz CT molecular complexity index is 408. The Hall–Kier alpha value is -1.20. The number of hydrogen-bond acceptors (Lipinski definition) is 5. The summed E-state index contributed by atoms with van der Waals surface area (Å²) < 4.78 is 5.83. The fraction of sp³-hybridized carbons (Fsp3) is 0.714. The molecule has 1 N–H and O–H groups in total. The topological polar surface area (TPSA) is 50.3 Å². The van der Waals surface area contributed by atoms with Crippen LogP contribution in [-0.2, 0) is 11.3 Å². The molecule has 2 atom stereocenters. The predicted octanol–water partition coefficient (Wildman–Crippen LogP) is 1.34. The third kappa shape index (κ3) is 2.72. The van der Waals surface area contributed by atoms with E-state index in [2.05, 4.69) is 39.5 Å². The molecule has 0 amide bonds. The average molecular weight is 262 g/mol. The standard InChI is InChI=1S/C14H22N4O/c1-2-15-10-11-6-7-14(17-16-11)18-8-9-19-13-5-3-4-12(13)18/h6-7,12-13,15H,2-5,8-10H2,1H3. The summed E-state index contributed by atoms with van der Waals surface area (Å²) in [7, 11) is 0. The Balaban J connectivity index is 1.70. The van der Waals surface area contributed by atoms with Gasteiger partial charge in [-0.15, -0.1) is 5.10 Å². The number of rotatable bonds is 4. The highest BCUT2D eigenvalue weighted by atomic mass is 16.5. The first-order valence-corrected chi connectivity index (χ1v) is 7.30. The van der Waals surface area contributed by atoms with Crippen molar-refractivity contribution in [2.24, 2.45) is 0 Å². The first-order valence-electron chi connectivity index (χ1n) is 7.30. The van der Waals surface area contributed by atoms with Crippen LogP contribution in [0.4, 0.5) is 5.82 Å². The maximum absolute atomic E-state index is 5.83. The van der Waals surface area contributed by atoms with Crippen LogP contribution in [0.2, 0.25) is 0 Å². The quantitative estimate of drug-likeness (QED) is 0.887. The van der Waals surface area contributed by atoms with Crippen LogP contribution in [0.5, 0.6) is 0 Å². The molecule has 0 bridgehead atoms. The summed E-state index contributed by atoms with van der Waals surface area (Å²) in [5.74, 6) is 1.00. The van der Waals surface area contributed by atoms with Crippen LogP contribution < -0.4 is 10.2 Å². The zero-order valence-corrected chi connectivity index (χ0v) is 11.5. The monoisotopic (exact) mass is 262 g/mol. The number of hydrogen-bond donors (Lipinski definition) is 1. The van der Waals surface area contributed by atoms with Gasteiger partial charge in [0.25, 0.3) is 0 Å². The van der Waals surface area contributed by atoms with E-state index in [1.807, 2.05) is 0 Å². The molecule has 2 fully saturated rings. The highest BCUT2D eigenvalue weighted by Gasteiger charge is 2.36. The molecule has 1 saturated heterocycles. The molecule has 0 aromatic carbocycles. The van der Waals surface area contributed by atoms with Gasteiger partial charge in [0.2, 0.25) is 0 Å². The van der Waals surface area contributed by atoms with Crippen LogP contribution in [0, 0.1) is 0 Å². The van der Waals surface area contributed by atoms with Crippen molar-refractivity contribution < 1.29 is 4.74 Å². The van der Waals surface area contributed by atoms with Gasteiger partial charge in [-0.1, -0.05) is 6.92 Å². The zero-order chi connectivity index (χ0) is 13.1. The van der Waals surface area contributed by atoms with Crippen molar-refractivity contribution in [1.29, 1.82) is 0 Å². The minimum atomic E-state index is 0.400. The van der Waals surface area contributed by atoms with E-state index in [0.717, 1.165) is 37.8 Å². The van der Waals surface area contributed by atoms with Crippen molar-refractivity contribution in [2.45, 2.75) is 44.9 Å². The maximum Gasteiger partial charge on any atom is 0.151 e. The number of nitrogens with zero attached hydrogens (tertiary/aromatic N) is 3. The molecule has 0 spiro atoms. The van der Waals surface area contributed by atoms with Gasteiger partial charge < -0.3 is 15.0 Å². The van der Waals surface area contributed by atoms with E-state index >= 15 is 0 Å². The van der Waals surface area contributed by atoms with Gasteiger partial charge >= 0.3 is 0 Å². The molecular weight excluding hydrogens is 240 g/mol. The lowest BCUT2D eigenvalue weighted by atomic mass is 10.1. The van der Waals surface area contributed by atoms with Gasteiger partial charge in [0.15, 0.2) is 5.82 Å². The highest BCUT2D eigenvalue weighted by Crippen LogP contribution is 2.31. The van der Waals surface area contributed by atoms with Crippen molar-refractivity contribution in [3.05, 3.63) is 17.8 Å². The van der Waals surface area contributed by atoms with Crippen molar-refractivity contribution in [2.75, 3.05) is 24.6 Å². The van der Waals surface area contributed by atoms with Gasteiger partial charge in [-0.05, 0) is 37.9 Å². The first kappa shape index (κ1) is 12.8. The minimum absolute atomic E-state index is 0.400. The number of aromatic nitrogens is 2. The third-order valence-corrected chi connectivity index (χ3v) is 4.04. The second kappa shape index (κ2) is 5.84. The van der Waals surface area contributed by atoms with Gasteiger partial charge in [0, 0.05) is 13.1 Å². The fourth-order valence-electron chi connectivity index (χ4n) is 3.06. The summed E-state index contributed by atoms with van der Waals surface area (Å²) in [6.45, 7) is 5.58. The fourth-order valence-corrected chi connectivity index (χ4v) is 3.06. The van der Waals surface area contributed by atoms with Gasteiger partial charge in [-0.2, -0.15) is 5.10 Å². The van der Waals surface area contributed by atoms with Crippen LogP contribution >= 0.6 is 0 Å². The molecule has 2 aliphatic rings. The summed E-state index contributed by atoms with van der Waals surface area (Å²) in [6.07, 6.45) is 4.06. The first-order chi connectivity index (χ1) is 9.38. The molecule has 104 valence electrons. The molecular formula is C14H22N4O. The summed E-state index contributed by atoms with van der Waals surface area (Å²) in [6, 6.07) is 4.67. The van der Waals surface area contributed by atoms with Crippen LogP contribution in [-0.4, -0.2) is 42.0 Å². The Labute approximate surface area is 114 Å². The number of morpholine rings is 1. The number of anilines is 1. The molecule has 5 heteroatoms. The summed E-state index contributed by atoms with van der Waals surface area (Å²) >= 11 is 0. The van der Waals surface area contributed by atoms with E-state index in [0.29, 0.717) is 12.1 Å². The Morgan fingerprint density at radius 2 is 2.32 bits per heavy atom. The molecule has 1 aromatic rings. The zero-order valence-electron chi connectivity index (χ0n) is 11.5. The van der Waals surface area contributed by atoms with Crippen molar-refractivity contribution in [3.8, 4) is 0 Å². The van der Waals surface area contributed by atoms with E-state index in [9.17, 15) is 0 Å². The normalized spacial score (nSPS) is 26.5. The molecule has 2 heterocycles. The Morgan fingerprint density at radius 1 is 1.37 bits per heavy atom. The minimum Gasteiger partial charge on any atom is -0.374 e. The van der Waals surface area contributed by atoms with E-state index in [1.165, 1.54) is 19.3 Å². The van der Waals surface area contributed by atoms with E-state index in [-0.39, 0.29) is 0 Å². The van der Waals surface area contributed by atoms with Gasteiger partial charge in [-0.3, -0.25) is 0 Å². The molecule has 1 saturated carbocycles. The van der Waals surface area contributed by atoms with E-state index in [4.69, 9.17) is 4.74 Å². The Morgan fingerprint density at radius 3 is 3.11 bits per heavy atom. The SMILES string of the molecule is CCNCc1ccc(N2CCOC3CCCC32)nn1. The van der Waals surface area contributed by atoms with Gasteiger partial charge in [-0.25, -0.2) is 0 Å². The lowest BCUT2D eigenvalue weighted by molar-refractivity contribution is 0.0252. The number of fused-ring (bicyclic) bond motifs is 1. The van der Waals surface area contributed by atoms with Crippen LogP contribution in [0.1, 0.15) is 31.9 Å². The van der Waals surface area contributed by atoms with E-state index < -0.39 is 0 Å². The molecule has 2 unspecified atom stereocenters. The molecule has 1 aliphatic carbocycles. The second-order valence-corrected chi connectivity index (χ2v) is 5.26. The second-order valence-electron chi connectivity index (χ2n) is 5.26. The molecule has 1 aliphatic heterocycles. The van der Waals surface area contributed by atoms with Gasteiger partial charge in [0.05, 0.1) is 24.4 Å². The highest BCUT2D eigenvalue weighted by molar-refractivity contribution is 5.40. The van der Waals surface area contributed by atoms with Crippen LogP contribution in [0.15, 0.2) is 12.1 Å². The third-order valence-electron chi connectivity index (χ3n) is 4.04. The van der Waals surface area contributed by atoms with Crippen LogP contribution in [0.3, 0.4) is 0 Å². The lowest BCUT2D eigenvalue weighted by Gasteiger charge is -2.38. The van der Waals surface area contributed by atoms with E-state index in [1.54, 1.807) is 0 Å². The Kier molecular flexibility index (Phi) is 3.94. The molecule has 3 rings (SSSR count). The molecule has 0 radical (unpaired) electrons. The summed E-state index contributed by atoms with van der Waals surface area (Å²) in [5, 5.41) is 12.0. The average Bonchev–Trinajstić information content (AvgIpc) is 2.94. The maximum atomic E-state index is 5.83. The molecule has 1 aromatic heterocycles. The molecule has 19 heavy (non-hydrogen) atoms. The van der Waals surface area contributed by atoms with Crippen molar-refractivity contribution in [3.63, 3.8) is 0 Å². The molecule has 5 nitrogen and oxygen atoms in total. The van der Waals surface area contributed by atoms with Gasteiger partial charge in [0.1, 0.15) is 0 Å². The van der Waals surface area contributed by atoms with Crippen molar-refractivity contribution >= 4 is 5.82 Å². The van der Waals surface area contributed by atoms with Crippen molar-refractivity contribution in [1.82, 2.24) is 15.5 Å². The lowest BCUT2D eigenvalue weighted by Crippen LogP contribution is -2.49. The van der Waals surface area contributed by atoms with Crippen LogP contribution in [0.25, 0.3) is 0 Å². The number of ether oxygens (including phenoxy) is 1. The smallest absolute Gasteiger partial charge is 0.151 e. The predicted molar refractivity (Wildman–Crippen MR) is 74.1 cm³/mol. The summed E-state index contributed by atoms with van der Waals surface area (Å²) in [4.78, 5) is 2.38. The summed E-state index contributed by atoms with van der Waals surface area (Å²) in [5.41, 5.74) is 1.00.